The number of thioether (sulfide) groups is 1. The number of rotatable bonds is 9. The maximum absolute atomic E-state index is 11.3. The maximum Gasteiger partial charge on any atom is 0.396 e. The van der Waals surface area contributed by atoms with Crippen molar-refractivity contribution in [1.82, 2.24) is 10.2 Å². The number of carbonyl (C=O) groups excluding carboxylic acids is 1. The van der Waals surface area contributed by atoms with Crippen LogP contribution in [0, 0.1) is 5.92 Å². The fourth-order valence-corrected chi connectivity index (χ4v) is 1.76. The van der Waals surface area contributed by atoms with Crippen LogP contribution in [-0.2, 0) is 9.47 Å². The minimum Gasteiger partial charge on any atom is -0.459 e. The van der Waals surface area contributed by atoms with Crippen molar-refractivity contribution in [1.29, 1.82) is 0 Å². The van der Waals surface area contributed by atoms with Crippen LogP contribution in [-0.4, -0.2) is 41.7 Å². The van der Waals surface area contributed by atoms with E-state index in [9.17, 15) is 4.79 Å². The minimum atomic E-state index is -0.588. The molecule has 0 N–H and O–H groups in total. The number of hydrogen-bond acceptors (Lipinski definition) is 7. The molecule has 0 spiro atoms. The van der Waals surface area contributed by atoms with Crippen molar-refractivity contribution in [3.63, 3.8) is 0 Å². The van der Waals surface area contributed by atoms with Gasteiger partial charge in [-0.3, -0.25) is 0 Å². The highest BCUT2D eigenvalue weighted by Crippen LogP contribution is 2.16. The molecule has 0 saturated carbocycles. The largest absolute Gasteiger partial charge is 0.459 e. The summed E-state index contributed by atoms with van der Waals surface area (Å²) in [5.74, 6) is 0.665. The quantitative estimate of drug-likeness (QED) is 0.392. The highest BCUT2D eigenvalue weighted by molar-refractivity contribution is 7.99. The van der Waals surface area contributed by atoms with Crippen LogP contribution in [0.2, 0.25) is 0 Å². The van der Waals surface area contributed by atoms with Crippen LogP contribution in [0.1, 0.15) is 37.9 Å². The first-order valence-corrected chi connectivity index (χ1v) is 7.33. The molecule has 7 heteroatoms. The molecule has 0 bridgehead atoms. The lowest BCUT2D eigenvalue weighted by Gasteiger charge is -2.04. The Labute approximate surface area is 117 Å². The molecule has 108 valence electrons. The van der Waals surface area contributed by atoms with Gasteiger partial charge in [-0.25, -0.2) is 4.79 Å². The summed E-state index contributed by atoms with van der Waals surface area (Å²) in [6.07, 6.45) is 1.05. The first-order valence-electron chi connectivity index (χ1n) is 6.34. The molecule has 0 saturated heterocycles. The van der Waals surface area contributed by atoms with Gasteiger partial charge in [0.15, 0.2) is 0 Å². The lowest BCUT2D eigenvalue weighted by Crippen LogP contribution is -2.04. The van der Waals surface area contributed by atoms with Gasteiger partial charge in [-0.1, -0.05) is 30.7 Å². The molecule has 0 aromatic carbocycles. The lowest BCUT2D eigenvalue weighted by atomic mass is 10.1. The fraction of sp³-hybridized carbons (Fsp3) is 0.750. The van der Waals surface area contributed by atoms with Crippen LogP contribution < -0.4 is 0 Å². The van der Waals surface area contributed by atoms with E-state index in [1.54, 1.807) is 6.92 Å². The molecular formula is C12H20N2O4S. The number of carbonyl (C=O) groups is 1. The molecule has 0 aliphatic rings. The van der Waals surface area contributed by atoms with Crippen molar-refractivity contribution >= 4 is 17.7 Å². The Morgan fingerprint density at radius 1 is 1.37 bits per heavy atom. The van der Waals surface area contributed by atoms with E-state index in [1.165, 1.54) is 11.8 Å². The molecule has 0 fully saturated rings. The minimum absolute atomic E-state index is 0.106. The molecule has 1 aromatic rings. The zero-order valence-corrected chi connectivity index (χ0v) is 12.4. The average Bonchev–Trinajstić information content (AvgIpc) is 2.82. The number of aromatic nitrogens is 2. The third kappa shape index (κ3) is 6.58. The Kier molecular flexibility index (Phi) is 7.50. The van der Waals surface area contributed by atoms with Crippen LogP contribution in [0.25, 0.3) is 0 Å². The summed E-state index contributed by atoms with van der Waals surface area (Å²) >= 11 is 1.36. The van der Waals surface area contributed by atoms with Crippen LogP contribution >= 0.6 is 11.8 Å². The van der Waals surface area contributed by atoms with Crippen LogP contribution in [0.4, 0.5) is 0 Å². The van der Waals surface area contributed by atoms with Gasteiger partial charge in [0.25, 0.3) is 5.22 Å². The second-order valence-corrected chi connectivity index (χ2v) is 5.28. The summed E-state index contributed by atoms with van der Waals surface area (Å²) in [5.41, 5.74) is 0. The second kappa shape index (κ2) is 8.92. The molecule has 0 aliphatic carbocycles. The number of esters is 1. The van der Waals surface area contributed by atoms with Crippen molar-refractivity contribution in [2.24, 2.45) is 5.92 Å². The fourth-order valence-electron chi connectivity index (χ4n) is 1.15. The Balaban J connectivity index is 2.18. The molecule has 19 heavy (non-hydrogen) atoms. The van der Waals surface area contributed by atoms with Gasteiger partial charge in [0.05, 0.1) is 13.2 Å². The van der Waals surface area contributed by atoms with Crippen LogP contribution in [0.5, 0.6) is 0 Å². The van der Waals surface area contributed by atoms with Gasteiger partial charge in [-0.15, -0.1) is 5.10 Å². The number of nitrogens with zero attached hydrogens (tertiary/aromatic N) is 2. The highest BCUT2D eigenvalue weighted by Gasteiger charge is 2.15. The van der Waals surface area contributed by atoms with Gasteiger partial charge < -0.3 is 13.9 Å². The Morgan fingerprint density at radius 3 is 2.84 bits per heavy atom. The summed E-state index contributed by atoms with van der Waals surface area (Å²) in [6, 6.07) is 0. The molecule has 0 atom stereocenters. The summed E-state index contributed by atoms with van der Waals surface area (Å²) in [4.78, 5) is 11.3. The van der Waals surface area contributed by atoms with Gasteiger partial charge in [-0.05, 0) is 19.3 Å². The molecule has 1 heterocycles. The second-order valence-electron chi connectivity index (χ2n) is 4.24. The SMILES string of the molecule is CCOC(=O)c1nnc(SCCOCCC(C)C)o1. The third-order valence-electron chi connectivity index (χ3n) is 2.15. The van der Waals surface area contributed by atoms with E-state index in [2.05, 4.69) is 24.0 Å². The monoisotopic (exact) mass is 288 g/mol. The Hall–Kier alpha value is -1.08. The predicted octanol–water partition coefficient (Wildman–Crippen LogP) is 2.40. The van der Waals surface area contributed by atoms with E-state index in [4.69, 9.17) is 13.9 Å². The van der Waals surface area contributed by atoms with Crippen molar-refractivity contribution in [3.8, 4) is 0 Å². The summed E-state index contributed by atoms with van der Waals surface area (Å²) < 4.78 is 15.4. The maximum atomic E-state index is 11.3. The van der Waals surface area contributed by atoms with Crippen LogP contribution in [0.15, 0.2) is 9.64 Å². The van der Waals surface area contributed by atoms with Gasteiger partial charge in [0.2, 0.25) is 0 Å². The standard InChI is InChI=1S/C12H20N2O4S/c1-4-17-11(15)10-13-14-12(18-10)19-8-7-16-6-5-9(2)3/h9H,4-8H2,1-3H3. The van der Waals surface area contributed by atoms with E-state index >= 15 is 0 Å². The van der Waals surface area contributed by atoms with Gasteiger partial charge >= 0.3 is 11.9 Å². The molecule has 1 aromatic heterocycles. The highest BCUT2D eigenvalue weighted by atomic mass is 32.2. The zero-order chi connectivity index (χ0) is 14.1. The molecular weight excluding hydrogens is 268 g/mol. The van der Waals surface area contributed by atoms with Crippen molar-refractivity contribution in [3.05, 3.63) is 5.89 Å². The summed E-state index contributed by atoms with van der Waals surface area (Å²) in [7, 11) is 0. The first kappa shape index (κ1) is 16.0. The first-order chi connectivity index (χ1) is 9.13. The number of hydrogen-bond donors (Lipinski definition) is 0. The Morgan fingerprint density at radius 2 is 2.16 bits per heavy atom. The molecule has 1 rings (SSSR count). The molecule has 0 aliphatic heterocycles. The molecule has 0 radical (unpaired) electrons. The van der Waals surface area contributed by atoms with E-state index < -0.39 is 5.97 Å². The van der Waals surface area contributed by atoms with Gasteiger partial charge in [0.1, 0.15) is 0 Å². The summed E-state index contributed by atoms with van der Waals surface area (Å²) in [5, 5.41) is 7.73. The van der Waals surface area contributed by atoms with Crippen molar-refractivity contribution in [2.45, 2.75) is 32.4 Å². The predicted molar refractivity (Wildman–Crippen MR) is 71.3 cm³/mol. The average molecular weight is 288 g/mol. The van der Waals surface area contributed by atoms with Gasteiger partial charge in [-0.2, -0.15) is 0 Å². The topological polar surface area (TPSA) is 74.5 Å². The Bertz CT molecular complexity index is 382. The zero-order valence-electron chi connectivity index (χ0n) is 11.5. The molecule has 0 unspecified atom stereocenters. The van der Waals surface area contributed by atoms with E-state index in [0.717, 1.165) is 13.0 Å². The molecule has 6 nitrogen and oxygen atoms in total. The van der Waals surface area contributed by atoms with Crippen molar-refractivity contribution < 1.29 is 18.7 Å². The molecule has 0 amide bonds. The van der Waals surface area contributed by atoms with E-state index in [1.807, 2.05) is 0 Å². The van der Waals surface area contributed by atoms with E-state index in [-0.39, 0.29) is 12.5 Å². The van der Waals surface area contributed by atoms with Crippen molar-refractivity contribution in [2.75, 3.05) is 25.6 Å². The third-order valence-corrected chi connectivity index (χ3v) is 2.93. The smallest absolute Gasteiger partial charge is 0.396 e. The van der Waals surface area contributed by atoms with Crippen LogP contribution in [0.3, 0.4) is 0 Å². The lowest BCUT2D eigenvalue weighted by molar-refractivity contribution is 0.0475. The van der Waals surface area contributed by atoms with E-state index in [0.29, 0.717) is 23.5 Å². The summed E-state index contributed by atoms with van der Waals surface area (Å²) in [6.45, 7) is 7.71. The normalized spacial score (nSPS) is 10.9. The number of ether oxygens (including phenoxy) is 2. The van der Waals surface area contributed by atoms with Gasteiger partial charge in [0, 0.05) is 12.4 Å².